The molecule has 0 heterocycles. The molecule has 1 aromatic rings. The van der Waals surface area contributed by atoms with Crippen LogP contribution in [0.25, 0.3) is 0 Å². The molecular formula is C13H14O2S. The fourth-order valence-electron chi connectivity index (χ4n) is 1.48. The number of carbonyl (C=O) groups excluding carboxylic acids is 2. The van der Waals surface area contributed by atoms with Crippen LogP contribution in [0, 0.1) is 5.92 Å². The summed E-state index contributed by atoms with van der Waals surface area (Å²) in [4.78, 5) is 23.6. The van der Waals surface area contributed by atoms with Gasteiger partial charge < -0.3 is 0 Å². The van der Waals surface area contributed by atoms with Crippen molar-refractivity contribution >= 4 is 23.3 Å². The minimum atomic E-state index is 0.170. The molecule has 0 N–H and O–H groups in total. The highest BCUT2D eigenvalue weighted by Gasteiger charge is 2.30. The zero-order valence-corrected chi connectivity index (χ0v) is 10.0. The second-order valence-corrected chi connectivity index (χ2v) is 5.20. The van der Waals surface area contributed by atoms with E-state index in [9.17, 15) is 9.59 Å². The normalized spacial score (nSPS) is 14.8. The van der Waals surface area contributed by atoms with Crippen LogP contribution in [0.2, 0.25) is 0 Å². The van der Waals surface area contributed by atoms with Gasteiger partial charge in [-0.3, -0.25) is 9.59 Å². The minimum absolute atomic E-state index is 0.170. The van der Waals surface area contributed by atoms with Crippen molar-refractivity contribution in [2.45, 2.75) is 24.7 Å². The average molecular weight is 234 g/mol. The lowest BCUT2D eigenvalue weighted by atomic mass is 10.1. The summed E-state index contributed by atoms with van der Waals surface area (Å²) in [6.07, 6.45) is 2.08. The van der Waals surface area contributed by atoms with Gasteiger partial charge in [0.25, 0.3) is 0 Å². The molecule has 1 aliphatic rings. The Morgan fingerprint density at radius 2 is 1.88 bits per heavy atom. The van der Waals surface area contributed by atoms with Gasteiger partial charge in [0.05, 0.1) is 5.75 Å². The van der Waals surface area contributed by atoms with Gasteiger partial charge >= 0.3 is 0 Å². The molecular weight excluding hydrogens is 220 g/mol. The van der Waals surface area contributed by atoms with E-state index in [1.807, 2.05) is 24.3 Å². The standard InChI is InChI=1S/C13H14O2S/c1-9(14)8-16-12-6-4-11(5-7-12)13(15)10-2-3-10/h4-7,10H,2-3,8H2,1H3. The highest BCUT2D eigenvalue weighted by molar-refractivity contribution is 8.00. The van der Waals surface area contributed by atoms with Crippen molar-refractivity contribution in [3.8, 4) is 0 Å². The smallest absolute Gasteiger partial charge is 0.165 e. The monoisotopic (exact) mass is 234 g/mol. The van der Waals surface area contributed by atoms with Crippen LogP contribution in [-0.2, 0) is 4.79 Å². The Morgan fingerprint density at radius 3 is 2.38 bits per heavy atom. The number of carbonyl (C=O) groups is 2. The Hall–Kier alpha value is -1.09. The first kappa shape index (κ1) is 11.4. The Bertz CT molecular complexity index is 404. The highest BCUT2D eigenvalue weighted by Crippen LogP contribution is 2.32. The molecule has 0 atom stereocenters. The molecule has 0 aliphatic heterocycles. The molecule has 0 spiro atoms. The van der Waals surface area contributed by atoms with E-state index in [0.29, 0.717) is 5.75 Å². The van der Waals surface area contributed by atoms with Crippen LogP contribution in [-0.4, -0.2) is 17.3 Å². The van der Waals surface area contributed by atoms with E-state index in [2.05, 4.69) is 0 Å². The van der Waals surface area contributed by atoms with Gasteiger partial charge in [0.15, 0.2) is 5.78 Å². The third-order valence-electron chi connectivity index (χ3n) is 2.53. The minimum Gasteiger partial charge on any atom is -0.299 e. The van der Waals surface area contributed by atoms with Crippen LogP contribution >= 0.6 is 11.8 Å². The molecule has 2 rings (SSSR count). The Morgan fingerprint density at radius 1 is 1.25 bits per heavy atom. The third kappa shape index (κ3) is 2.95. The van der Waals surface area contributed by atoms with Crippen molar-refractivity contribution in [2.24, 2.45) is 5.92 Å². The summed E-state index contributed by atoms with van der Waals surface area (Å²) in [5.74, 6) is 1.21. The Kier molecular flexibility index (Phi) is 3.44. The van der Waals surface area contributed by atoms with Gasteiger partial charge in [-0.25, -0.2) is 0 Å². The first-order chi connectivity index (χ1) is 7.66. The molecule has 0 bridgehead atoms. The Balaban J connectivity index is 1.98. The van der Waals surface area contributed by atoms with Crippen molar-refractivity contribution in [1.29, 1.82) is 0 Å². The largest absolute Gasteiger partial charge is 0.299 e. The van der Waals surface area contributed by atoms with Crippen LogP contribution in [0.1, 0.15) is 30.1 Å². The summed E-state index contributed by atoms with van der Waals surface area (Å²) in [6.45, 7) is 1.58. The van der Waals surface area contributed by atoms with Gasteiger partial charge in [-0.15, -0.1) is 11.8 Å². The zero-order valence-electron chi connectivity index (χ0n) is 9.23. The molecule has 2 nitrogen and oxygen atoms in total. The predicted octanol–water partition coefficient (Wildman–Crippen LogP) is 2.96. The van der Waals surface area contributed by atoms with Crippen molar-refractivity contribution in [1.82, 2.24) is 0 Å². The number of thioether (sulfide) groups is 1. The number of benzene rings is 1. The van der Waals surface area contributed by atoms with E-state index < -0.39 is 0 Å². The molecule has 84 valence electrons. The number of hydrogen-bond acceptors (Lipinski definition) is 3. The van der Waals surface area contributed by atoms with Gasteiger partial charge in [-0.2, -0.15) is 0 Å². The second-order valence-electron chi connectivity index (χ2n) is 4.15. The highest BCUT2D eigenvalue weighted by atomic mass is 32.2. The van der Waals surface area contributed by atoms with E-state index in [4.69, 9.17) is 0 Å². The van der Waals surface area contributed by atoms with Crippen LogP contribution in [0.3, 0.4) is 0 Å². The lowest BCUT2D eigenvalue weighted by molar-refractivity contribution is -0.114. The zero-order chi connectivity index (χ0) is 11.5. The van der Waals surface area contributed by atoms with Crippen molar-refractivity contribution in [3.63, 3.8) is 0 Å². The van der Waals surface area contributed by atoms with Gasteiger partial charge in [-0.05, 0) is 31.9 Å². The molecule has 0 unspecified atom stereocenters. The number of hydrogen-bond donors (Lipinski definition) is 0. The molecule has 1 saturated carbocycles. The molecule has 0 amide bonds. The van der Waals surface area contributed by atoms with E-state index in [1.54, 1.807) is 6.92 Å². The van der Waals surface area contributed by atoms with E-state index >= 15 is 0 Å². The van der Waals surface area contributed by atoms with Crippen LogP contribution < -0.4 is 0 Å². The number of Topliss-reactive ketones (excluding diaryl/α,β-unsaturated/α-hetero) is 2. The van der Waals surface area contributed by atoms with Crippen LogP contribution in [0.4, 0.5) is 0 Å². The molecule has 0 aromatic heterocycles. The first-order valence-electron chi connectivity index (χ1n) is 5.43. The topological polar surface area (TPSA) is 34.1 Å². The number of rotatable bonds is 5. The van der Waals surface area contributed by atoms with Gasteiger partial charge in [-0.1, -0.05) is 12.1 Å². The van der Waals surface area contributed by atoms with Gasteiger partial charge in [0.2, 0.25) is 0 Å². The maximum atomic E-state index is 11.7. The summed E-state index contributed by atoms with van der Waals surface area (Å²) < 4.78 is 0. The fourth-order valence-corrected chi connectivity index (χ4v) is 2.18. The molecule has 1 fully saturated rings. The van der Waals surface area contributed by atoms with Crippen molar-refractivity contribution < 1.29 is 9.59 Å². The van der Waals surface area contributed by atoms with E-state index in [0.717, 1.165) is 23.3 Å². The fraction of sp³-hybridized carbons (Fsp3) is 0.385. The average Bonchev–Trinajstić information content (AvgIpc) is 3.10. The third-order valence-corrected chi connectivity index (χ3v) is 3.69. The van der Waals surface area contributed by atoms with Gasteiger partial charge in [0.1, 0.15) is 5.78 Å². The van der Waals surface area contributed by atoms with E-state index in [1.165, 1.54) is 11.8 Å². The quantitative estimate of drug-likeness (QED) is 0.580. The molecule has 16 heavy (non-hydrogen) atoms. The molecule has 3 heteroatoms. The molecule has 0 radical (unpaired) electrons. The van der Waals surface area contributed by atoms with Gasteiger partial charge in [0, 0.05) is 16.4 Å². The maximum Gasteiger partial charge on any atom is 0.165 e. The van der Waals surface area contributed by atoms with Crippen LogP contribution in [0.5, 0.6) is 0 Å². The molecule has 1 aliphatic carbocycles. The summed E-state index contributed by atoms with van der Waals surface area (Å²) in [6, 6.07) is 7.57. The second kappa shape index (κ2) is 4.83. The lowest BCUT2D eigenvalue weighted by Crippen LogP contribution is -2.00. The van der Waals surface area contributed by atoms with Crippen LogP contribution in [0.15, 0.2) is 29.2 Å². The summed E-state index contributed by atoms with van der Waals surface area (Å²) >= 11 is 1.51. The summed E-state index contributed by atoms with van der Waals surface area (Å²) in [5.41, 5.74) is 0.801. The molecule has 0 saturated heterocycles. The summed E-state index contributed by atoms with van der Waals surface area (Å²) in [7, 11) is 0. The Labute approximate surface area is 99.4 Å². The first-order valence-corrected chi connectivity index (χ1v) is 6.42. The van der Waals surface area contributed by atoms with E-state index in [-0.39, 0.29) is 17.5 Å². The SMILES string of the molecule is CC(=O)CSc1ccc(C(=O)C2CC2)cc1. The number of ketones is 2. The molecule has 1 aromatic carbocycles. The summed E-state index contributed by atoms with van der Waals surface area (Å²) in [5, 5.41) is 0. The predicted molar refractivity (Wildman–Crippen MR) is 64.9 cm³/mol. The maximum absolute atomic E-state index is 11.7. The lowest BCUT2D eigenvalue weighted by Gasteiger charge is -2.01. The van der Waals surface area contributed by atoms with Crippen molar-refractivity contribution in [2.75, 3.05) is 5.75 Å². The van der Waals surface area contributed by atoms with Crippen molar-refractivity contribution in [3.05, 3.63) is 29.8 Å².